The fourth-order valence-corrected chi connectivity index (χ4v) is 3.59. The average Bonchev–Trinajstić information content (AvgIpc) is 3.45. The number of halogens is 1. The van der Waals surface area contributed by atoms with Gasteiger partial charge in [-0.1, -0.05) is 29.4 Å². The van der Waals surface area contributed by atoms with Crippen LogP contribution in [-0.2, 0) is 11.2 Å². The Kier molecular flexibility index (Phi) is 8.27. The summed E-state index contributed by atoms with van der Waals surface area (Å²) in [4.78, 5) is 22.1. The lowest BCUT2D eigenvalue weighted by molar-refractivity contribution is -0.132. The van der Waals surface area contributed by atoms with Gasteiger partial charge in [0.1, 0.15) is 11.5 Å². The number of amides is 1. The van der Waals surface area contributed by atoms with E-state index in [0.29, 0.717) is 42.0 Å². The molecular formula is C23H29FN6O2. The molecule has 1 aliphatic heterocycles. The molecule has 1 unspecified atom stereocenters. The van der Waals surface area contributed by atoms with Gasteiger partial charge in [0.05, 0.1) is 0 Å². The number of hydrogen-bond acceptors (Lipinski definition) is 7. The van der Waals surface area contributed by atoms with Crippen molar-refractivity contribution in [2.75, 3.05) is 18.9 Å². The first-order valence-electron chi connectivity index (χ1n) is 10.7. The second-order valence-corrected chi connectivity index (χ2v) is 7.73. The number of nitrogens with one attached hydrogen (secondary N) is 1. The molecule has 0 saturated carbocycles. The number of nitrogens with two attached hydrogens (primary N) is 1. The molecule has 8 nitrogen and oxygen atoms in total. The van der Waals surface area contributed by atoms with E-state index in [9.17, 15) is 9.18 Å². The minimum absolute atomic E-state index is 0.0915. The number of carbonyl (C=O) groups excluding carboxylic acids is 1. The summed E-state index contributed by atoms with van der Waals surface area (Å²) in [6.07, 6.45) is 4.51. The summed E-state index contributed by atoms with van der Waals surface area (Å²) in [6.45, 7) is 2.89. The van der Waals surface area contributed by atoms with Crippen LogP contribution in [0.25, 0.3) is 11.5 Å². The SMILES string of the molecule is CNc1nc(-c2ccccn2)no1.C[C@@H]1CCCN1C(=O)CC(N)Cc1ccccc1F. The number of pyridine rings is 1. The molecule has 3 aromatic rings. The molecule has 0 aliphatic carbocycles. The Morgan fingerprint density at radius 1 is 1.31 bits per heavy atom. The summed E-state index contributed by atoms with van der Waals surface area (Å²) in [5.41, 5.74) is 7.26. The zero-order valence-corrected chi connectivity index (χ0v) is 18.4. The molecule has 1 aromatic carbocycles. The Morgan fingerprint density at radius 3 is 2.72 bits per heavy atom. The lowest BCUT2D eigenvalue weighted by atomic mass is 10.0. The van der Waals surface area contributed by atoms with Crippen molar-refractivity contribution in [2.24, 2.45) is 5.73 Å². The first-order chi connectivity index (χ1) is 15.5. The second-order valence-electron chi connectivity index (χ2n) is 7.73. The number of nitrogens with zero attached hydrogens (tertiary/aromatic N) is 4. The van der Waals surface area contributed by atoms with Gasteiger partial charge < -0.3 is 20.5 Å². The van der Waals surface area contributed by atoms with Gasteiger partial charge >= 0.3 is 6.01 Å². The van der Waals surface area contributed by atoms with Gasteiger partial charge in [-0.2, -0.15) is 4.98 Å². The molecular weight excluding hydrogens is 411 g/mol. The van der Waals surface area contributed by atoms with E-state index in [1.807, 2.05) is 23.1 Å². The predicted octanol–water partition coefficient (Wildman–Crippen LogP) is 3.27. The molecule has 170 valence electrons. The number of carbonyl (C=O) groups is 1. The molecule has 1 saturated heterocycles. The van der Waals surface area contributed by atoms with Crippen LogP contribution in [0, 0.1) is 5.82 Å². The minimum atomic E-state index is -0.322. The summed E-state index contributed by atoms with van der Waals surface area (Å²) in [5.74, 6) is 0.332. The van der Waals surface area contributed by atoms with Crippen molar-refractivity contribution in [1.82, 2.24) is 20.0 Å². The summed E-state index contributed by atoms with van der Waals surface area (Å²) >= 11 is 0. The molecule has 4 rings (SSSR count). The van der Waals surface area contributed by atoms with Crippen molar-refractivity contribution in [3.8, 4) is 11.5 Å². The normalized spacial score (nSPS) is 16.2. The van der Waals surface area contributed by atoms with Gasteiger partial charge in [0.15, 0.2) is 0 Å². The first-order valence-corrected chi connectivity index (χ1v) is 10.7. The molecule has 3 heterocycles. The molecule has 0 spiro atoms. The van der Waals surface area contributed by atoms with Gasteiger partial charge in [-0.25, -0.2) is 4.39 Å². The van der Waals surface area contributed by atoms with E-state index in [0.717, 1.165) is 19.4 Å². The highest BCUT2D eigenvalue weighted by atomic mass is 19.1. The van der Waals surface area contributed by atoms with E-state index in [1.54, 1.807) is 31.4 Å². The highest BCUT2D eigenvalue weighted by Crippen LogP contribution is 2.18. The third kappa shape index (κ3) is 6.34. The van der Waals surface area contributed by atoms with Crippen molar-refractivity contribution < 1.29 is 13.7 Å². The van der Waals surface area contributed by atoms with Crippen LogP contribution in [0.5, 0.6) is 0 Å². The summed E-state index contributed by atoms with van der Waals surface area (Å²) in [7, 11) is 1.72. The minimum Gasteiger partial charge on any atom is -0.341 e. The Labute approximate surface area is 187 Å². The third-order valence-electron chi connectivity index (χ3n) is 5.28. The molecule has 2 atom stereocenters. The van der Waals surface area contributed by atoms with Gasteiger partial charge in [-0.15, -0.1) is 0 Å². The van der Waals surface area contributed by atoms with E-state index >= 15 is 0 Å². The summed E-state index contributed by atoms with van der Waals surface area (Å²) in [5, 5.41) is 6.50. The highest BCUT2D eigenvalue weighted by Gasteiger charge is 2.26. The molecule has 2 aromatic heterocycles. The van der Waals surface area contributed by atoms with Gasteiger partial charge in [-0.3, -0.25) is 9.78 Å². The largest absolute Gasteiger partial charge is 0.341 e. The van der Waals surface area contributed by atoms with E-state index in [1.165, 1.54) is 6.07 Å². The van der Waals surface area contributed by atoms with Crippen LogP contribution in [0.1, 0.15) is 31.7 Å². The smallest absolute Gasteiger partial charge is 0.321 e. The van der Waals surface area contributed by atoms with Crippen LogP contribution in [0.3, 0.4) is 0 Å². The number of benzene rings is 1. The van der Waals surface area contributed by atoms with E-state index in [4.69, 9.17) is 10.3 Å². The van der Waals surface area contributed by atoms with Crippen LogP contribution < -0.4 is 11.1 Å². The van der Waals surface area contributed by atoms with Gasteiger partial charge in [0, 0.05) is 38.3 Å². The molecule has 3 N–H and O–H groups in total. The maximum atomic E-state index is 13.5. The average molecular weight is 441 g/mol. The quantitative estimate of drug-likeness (QED) is 0.605. The zero-order chi connectivity index (χ0) is 22.9. The molecule has 9 heteroatoms. The van der Waals surface area contributed by atoms with Crippen LogP contribution in [-0.4, -0.2) is 51.6 Å². The molecule has 1 fully saturated rings. The Balaban J connectivity index is 0.000000193. The Bertz CT molecular complexity index is 997. The van der Waals surface area contributed by atoms with Crippen LogP contribution in [0.4, 0.5) is 10.4 Å². The molecule has 0 radical (unpaired) electrons. The van der Waals surface area contributed by atoms with Crippen molar-refractivity contribution in [2.45, 2.75) is 44.7 Å². The Morgan fingerprint density at radius 2 is 2.09 bits per heavy atom. The third-order valence-corrected chi connectivity index (χ3v) is 5.28. The summed E-state index contributed by atoms with van der Waals surface area (Å²) in [6, 6.07) is 12.5. The number of rotatable bonds is 6. The molecule has 1 aliphatic rings. The standard InChI is InChI=1S/C15H21FN2O.C8H8N4O/c1-11-5-4-8-18(11)15(19)10-13(17)9-12-6-2-3-7-14(12)16;1-9-8-11-7(12-13-8)6-4-2-3-5-10-6/h2-3,6-7,11,13H,4-5,8-10,17H2,1H3;2-5H,1H3,(H,9,11,12)/t11-,13?;/m1./s1. The fraction of sp³-hybridized carbons (Fsp3) is 0.391. The number of aromatic nitrogens is 3. The van der Waals surface area contributed by atoms with Crippen molar-refractivity contribution in [1.29, 1.82) is 0 Å². The molecule has 0 bridgehead atoms. The Hall–Kier alpha value is -3.33. The number of likely N-dealkylation sites (tertiary alicyclic amines) is 1. The van der Waals surface area contributed by atoms with Crippen LogP contribution in [0.15, 0.2) is 53.2 Å². The first kappa shape index (κ1) is 23.3. The fourth-order valence-electron chi connectivity index (χ4n) is 3.59. The van der Waals surface area contributed by atoms with E-state index in [-0.39, 0.29) is 17.8 Å². The lowest BCUT2D eigenvalue weighted by Gasteiger charge is -2.23. The lowest BCUT2D eigenvalue weighted by Crippen LogP contribution is -2.38. The van der Waals surface area contributed by atoms with E-state index in [2.05, 4.69) is 27.4 Å². The second kappa shape index (κ2) is 11.3. The predicted molar refractivity (Wildman–Crippen MR) is 120 cm³/mol. The summed E-state index contributed by atoms with van der Waals surface area (Å²) < 4.78 is 18.4. The van der Waals surface area contributed by atoms with E-state index < -0.39 is 0 Å². The van der Waals surface area contributed by atoms with Crippen LogP contribution >= 0.6 is 0 Å². The number of anilines is 1. The highest BCUT2D eigenvalue weighted by molar-refractivity contribution is 5.77. The van der Waals surface area contributed by atoms with Gasteiger partial charge in [0.2, 0.25) is 11.7 Å². The van der Waals surface area contributed by atoms with Crippen molar-refractivity contribution in [3.05, 3.63) is 60.0 Å². The maximum Gasteiger partial charge on any atom is 0.321 e. The van der Waals surface area contributed by atoms with Crippen molar-refractivity contribution >= 4 is 11.9 Å². The zero-order valence-electron chi connectivity index (χ0n) is 18.4. The van der Waals surface area contributed by atoms with Crippen LogP contribution in [0.2, 0.25) is 0 Å². The maximum absolute atomic E-state index is 13.5. The topological polar surface area (TPSA) is 110 Å². The van der Waals surface area contributed by atoms with Crippen molar-refractivity contribution in [3.63, 3.8) is 0 Å². The van der Waals surface area contributed by atoms with Gasteiger partial charge in [0.25, 0.3) is 0 Å². The van der Waals surface area contributed by atoms with Gasteiger partial charge in [-0.05, 0) is 49.9 Å². The molecule has 1 amide bonds. The molecule has 32 heavy (non-hydrogen) atoms. The number of hydrogen-bond donors (Lipinski definition) is 2. The monoisotopic (exact) mass is 440 g/mol.